The molecule has 0 bridgehead atoms. The van der Waals surface area contributed by atoms with Gasteiger partial charge in [-0.1, -0.05) is 18.2 Å². The van der Waals surface area contributed by atoms with Crippen LogP contribution >= 0.6 is 0 Å². The van der Waals surface area contributed by atoms with Crippen LogP contribution in [0.3, 0.4) is 0 Å². The molecule has 1 atom stereocenters. The van der Waals surface area contributed by atoms with Crippen molar-refractivity contribution in [1.29, 1.82) is 0 Å². The molecular formula is C14H18N4O2. The van der Waals surface area contributed by atoms with E-state index in [2.05, 4.69) is 10.4 Å². The Labute approximate surface area is 117 Å². The molecule has 0 saturated heterocycles. The summed E-state index contributed by atoms with van der Waals surface area (Å²) in [7, 11) is 1.51. The summed E-state index contributed by atoms with van der Waals surface area (Å²) in [6.07, 6.45) is 1.85. The van der Waals surface area contributed by atoms with Gasteiger partial charge in [-0.15, -0.1) is 0 Å². The van der Waals surface area contributed by atoms with Gasteiger partial charge >= 0.3 is 0 Å². The summed E-state index contributed by atoms with van der Waals surface area (Å²) in [6, 6.07) is 11.0. The van der Waals surface area contributed by atoms with E-state index in [0.29, 0.717) is 6.54 Å². The summed E-state index contributed by atoms with van der Waals surface area (Å²) in [5.74, 6) is -0.249. The zero-order valence-electron chi connectivity index (χ0n) is 11.3. The zero-order valence-corrected chi connectivity index (χ0v) is 11.3. The first-order valence-corrected chi connectivity index (χ1v) is 6.33. The molecule has 0 aliphatic rings. The first kappa shape index (κ1) is 14.2. The van der Waals surface area contributed by atoms with Crippen LogP contribution in [0.25, 0.3) is 5.69 Å². The van der Waals surface area contributed by atoms with E-state index >= 15 is 0 Å². The molecule has 20 heavy (non-hydrogen) atoms. The highest BCUT2D eigenvalue weighted by molar-refractivity contribution is 5.81. The molecule has 1 amide bonds. The Bertz CT molecular complexity index is 553. The van der Waals surface area contributed by atoms with Crippen LogP contribution in [0.1, 0.15) is 5.69 Å². The Hall–Kier alpha value is -2.18. The van der Waals surface area contributed by atoms with Crippen LogP contribution in [-0.2, 0) is 16.1 Å². The van der Waals surface area contributed by atoms with Crippen molar-refractivity contribution < 1.29 is 9.53 Å². The lowest BCUT2D eigenvalue weighted by Crippen LogP contribution is -2.43. The highest BCUT2D eigenvalue weighted by atomic mass is 16.5. The third-order valence-electron chi connectivity index (χ3n) is 2.79. The molecule has 0 spiro atoms. The molecule has 0 radical (unpaired) electrons. The van der Waals surface area contributed by atoms with Gasteiger partial charge < -0.3 is 15.8 Å². The largest absolute Gasteiger partial charge is 0.383 e. The number of methoxy groups -OCH3 is 1. The van der Waals surface area contributed by atoms with Crippen LogP contribution in [-0.4, -0.2) is 35.4 Å². The number of rotatable bonds is 6. The third kappa shape index (κ3) is 3.66. The second-order valence-corrected chi connectivity index (χ2v) is 4.37. The van der Waals surface area contributed by atoms with Crippen molar-refractivity contribution in [1.82, 2.24) is 15.1 Å². The second-order valence-electron chi connectivity index (χ2n) is 4.37. The van der Waals surface area contributed by atoms with Gasteiger partial charge in [-0.3, -0.25) is 4.79 Å². The lowest BCUT2D eigenvalue weighted by Gasteiger charge is -2.10. The van der Waals surface area contributed by atoms with Crippen molar-refractivity contribution in [3.8, 4) is 5.69 Å². The average molecular weight is 274 g/mol. The van der Waals surface area contributed by atoms with Crippen molar-refractivity contribution in [3.63, 3.8) is 0 Å². The number of hydrogen-bond acceptors (Lipinski definition) is 4. The number of aromatic nitrogens is 2. The predicted octanol–water partition coefficient (Wildman–Crippen LogP) is 0.462. The molecule has 2 aromatic rings. The Balaban J connectivity index is 1.92. The summed E-state index contributed by atoms with van der Waals surface area (Å²) in [4.78, 5) is 11.6. The van der Waals surface area contributed by atoms with Gasteiger partial charge in [-0.25, -0.2) is 4.68 Å². The minimum atomic E-state index is -0.656. The summed E-state index contributed by atoms with van der Waals surface area (Å²) in [5.41, 5.74) is 7.37. The molecule has 1 unspecified atom stereocenters. The van der Waals surface area contributed by atoms with Crippen molar-refractivity contribution in [2.24, 2.45) is 5.73 Å². The van der Waals surface area contributed by atoms with Crippen LogP contribution in [0.2, 0.25) is 0 Å². The first-order chi connectivity index (χ1) is 9.70. The van der Waals surface area contributed by atoms with E-state index in [-0.39, 0.29) is 12.5 Å². The molecule has 0 fully saturated rings. The number of nitrogens with zero attached hydrogens (tertiary/aromatic N) is 2. The number of amides is 1. The van der Waals surface area contributed by atoms with Gasteiger partial charge in [0.05, 0.1) is 24.5 Å². The van der Waals surface area contributed by atoms with Crippen molar-refractivity contribution in [2.75, 3.05) is 13.7 Å². The number of nitrogens with two attached hydrogens (primary N) is 1. The molecule has 1 aromatic carbocycles. The van der Waals surface area contributed by atoms with E-state index in [9.17, 15) is 4.79 Å². The number of nitrogens with one attached hydrogen (secondary N) is 1. The fraction of sp³-hybridized carbons (Fsp3) is 0.286. The normalized spacial score (nSPS) is 12.1. The van der Waals surface area contributed by atoms with Gasteiger partial charge in [0.1, 0.15) is 6.04 Å². The maximum atomic E-state index is 11.6. The van der Waals surface area contributed by atoms with Gasteiger partial charge in [0.2, 0.25) is 5.91 Å². The monoisotopic (exact) mass is 274 g/mol. The molecule has 6 nitrogen and oxygen atoms in total. The van der Waals surface area contributed by atoms with Crippen molar-refractivity contribution >= 4 is 5.91 Å². The Morgan fingerprint density at radius 2 is 2.15 bits per heavy atom. The van der Waals surface area contributed by atoms with Gasteiger partial charge in [0.15, 0.2) is 0 Å². The van der Waals surface area contributed by atoms with E-state index in [1.165, 1.54) is 7.11 Å². The van der Waals surface area contributed by atoms with Crippen molar-refractivity contribution in [3.05, 3.63) is 48.3 Å². The summed E-state index contributed by atoms with van der Waals surface area (Å²) >= 11 is 0. The molecule has 2 rings (SSSR count). The molecule has 3 N–H and O–H groups in total. The summed E-state index contributed by atoms with van der Waals surface area (Å²) in [5, 5.41) is 7.12. The minimum Gasteiger partial charge on any atom is -0.383 e. The van der Waals surface area contributed by atoms with Crippen LogP contribution in [0.4, 0.5) is 0 Å². The fourth-order valence-corrected chi connectivity index (χ4v) is 1.74. The molecule has 6 heteroatoms. The quantitative estimate of drug-likeness (QED) is 0.802. The first-order valence-electron chi connectivity index (χ1n) is 6.33. The number of benzene rings is 1. The van der Waals surface area contributed by atoms with Gasteiger partial charge in [-0.05, 0) is 18.2 Å². The predicted molar refractivity (Wildman–Crippen MR) is 75.3 cm³/mol. The molecule has 0 aliphatic carbocycles. The standard InChI is InChI=1S/C14H18N4O2/c1-20-10-13(15)14(19)16-9-11-7-8-18(17-11)12-5-3-2-4-6-12/h2-8,13H,9-10,15H2,1H3,(H,16,19). The number of hydrogen-bond donors (Lipinski definition) is 2. The van der Waals surface area contributed by atoms with Crippen LogP contribution in [0, 0.1) is 0 Å². The SMILES string of the molecule is COCC(N)C(=O)NCc1ccn(-c2ccccc2)n1. The third-order valence-corrected chi connectivity index (χ3v) is 2.79. The maximum absolute atomic E-state index is 11.6. The molecule has 1 aromatic heterocycles. The molecule has 1 heterocycles. The van der Waals surface area contributed by atoms with Crippen LogP contribution < -0.4 is 11.1 Å². The van der Waals surface area contributed by atoms with Crippen LogP contribution in [0.5, 0.6) is 0 Å². The van der Waals surface area contributed by atoms with E-state index in [4.69, 9.17) is 10.5 Å². The van der Waals surface area contributed by atoms with Crippen molar-refractivity contribution in [2.45, 2.75) is 12.6 Å². The van der Waals surface area contributed by atoms with Gasteiger partial charge in [-0.2, -0.15) is 5.10 Å². The Morgan fingerprint density at radius 1 is 1.40 bits per heavy atom. The number of ether oxygens (including phenoxy) is 1. The lowest BCUT2D eigenvalue weighted by molar-refractivity contribution is -0.123. The number of carbonyl (C=O) groups is 1. The maximum Gasteiger partial charge on any atom is 0.239 e. The number of para-hydroxylation sites is 1. The van der Waals surface area contributed by atoms with E-state index in [0.717, 1.165) is 11.4 Å². The summed E-state index contributed by atoms with van der Waals surface area (Å²) in [6.45, 7) is 0.542. The Kier molecular flexibility index (Phi) is 4.86. The van der Waals surface area contributed by atoms with E-state index < -0.39 is 6.04 Å². The Morgan fingerprint density at radius 3 is 2.85 bits per heavy atom. The van der Waals surface area contributed by atoms with Crippen LogP contribution in [0.15, 0.2) is 42.6 Å². The summed E-state index contributed by atoms with van der Waals surface area (Å²) < 4.78 is 6.59. The number of carbonyl (C=O) groups excluding carboxylic acids is 1. The second kappa shape index (κ2) is 6.83. The van der Waals surface area contributed by atoms with E-state index in [1.807, 2.05) is 42.6 Å². The molecule has 0 saturated carbocycles. The highest BCUT2D eigenvalue weighted by Gasteiger charge is 2.12. The molecule has 0 aliphatic heterocycles. The molecular weight excluding hydrogens is 256 g/mol. The van der Waals surface area contributed by atoms with E-state index in [1.54, 1.807) is 4.68 Å². The zero-order chi connectivity index (χ0) is 14.4. The highest BCUT2D eigenvalue weighted by Crippen LogP contribution is 2.06. The lowest BCUT2D eigenvalue weighted by atomic mass is 10.3. The smallest absolute Gasteiger partial charge is 0.239 e. The minimum absolute atomic E-state index is 0.199. The topological polar surface area (TPSA) is 82.2 Å². The average Bonchev–Trinajstić information content (AvgIpc) is 2.95. The van der Waals surface area contributed by atoms with Gasteiger partial charge in [0.25, 0.3) is 0 Å². The molecule has 106 valence electrons. The van der Waals surface area contributed by atoms with Gasteiger partial charge in [0, 0.05) is 13.3 Å². The fourth-order valence-electron chi connectivity index (χ4n) is 1.74.